The predicted octanol–water partition coefficient (Wildman–Crippen LogP) is -2.02. The molecule has 3 aromatic rings. The number of fused-ring (bicyclic) bond motifs is 1. The van der Waals surface area contributed by atoms with E-state index >= 15 is 0 Å². The smallest absolute Gasteiger partial charge is 0.408 e. The molecule has 14 N–H and O–H groups in total. The van der Waals surface area contributed by atoms with Gasteiger partial charge < -0.3 is 82.7 Å². The van der Waals surface area contributed by atoms with Crippen molar-refractivity contribution in [2.24, 2.45) is 5.73 Å². The van der Waals surface area contributed by atoms with Crippen LogP contribution in [0.2, 0.25) is 0 Å². The first-order valence-electron chi connectivity index (χ1n) is 24.3. The van der Waals surface area contributed by atoms with Crippen molar-refractivity contribution in [2.45, 2.75) is 128 Å². The Balaban J connectivity index is 1.79. The highest BCUT2D eigenvalue weighted by molar-refractivity contribution is 5.95. The minimum absolute atomic E-state index is 0.0176. The van der Waals surface area contributed by atoms with Crippen molar-refractivity contribution in [1.82, 2.24) is 62.1 Å². The summed E-state index contributed by atoms with van der Waals surface area (Å²) in [5, 5.41) is 58.9. The molecular formula is C47H73N15O14. The van der Waals surface area contributed by atoms with Crippen molar-refractivity contribution in [3.63, 3.8) is 0 Å². The topological polar surface area (TPSA) is 418 Å². The Morgan fingerprint density at radius 3 is 2.04 bits per heavy atom. The standard InChI is InChI=1S/C47H73N15O14/c1-26(34(23-63)75-46(73)62-25-55-37-38(61(6)7)53-24-54-39(37)62)56-42(69)32(20-28-14-16-29(74-8)17-15-28)59-41(68)31(12-9-10-18-50-27(2)64)57-35(65)21-33(43(70)71)58-36(66)22-52-40(67)30(13-11-19-51-44(48)49)60-45(72)76-47(3,4)5/h14-17,24-26,30-34,46,63,73H,9-13,18-23H2,1-8H3,(H,50,64)(H,52,67)(H,56,69)(H,57,65)(H,58,66)(H,59,68)(H,60,72)(H,70,71)(H4,48,49,51)/t26-,30?,31?,32?,33?,34+,46-/m0/s1. The molecule has 0 fully saturated rings. The minimum atomic E-state index is -1.87. The van der Waals surface area contributed by atoms with E-state index in [1.807, 2.05) is 0 Å². The van der Waals surface area contributed by atoms with Gasteiger partial charge in [0.2, 0.25) is 41.9 Å². The molecule has 29 heteroatoms. The van der Waals surface area contributed by atoms with E-state index in [-0.39, 0.29) is 62.7 Å². The number of hydrogen-bond donors (Lipinski definition) is 13. The first-order valence-corrected chi connectivity index (χ1v) is 24.3. The van der Waals surface area contributed by atoms with Crippen LogP contribution in [0.25, 0.3) is 11.2 Å². The van der Waals surface area contributed by atoms with Gasteiger partial charge in [-0.25, -0.2) is 24.5 Å². The molecule has 2 heterocycles. The second kappa shape index (κ2) is 30.4. The summed E-state index contributed by atoms with van der Waals surface area (Å²) in [6.45, 7) is 6.60. The predicted molar refractivity (Wildman–Crippen MR) is 273 cm³/mol. The number of aliphatic hydroxyl groups excluding tert-OH is 2. The number of nitrogens with one attached hydrogen (secondary N) is 9. The zero-order valence-corrected chi connectivity index (χ0v) is 43.9. The summed E-state index contributed by atoms with van der Waals surface area (Å²) in [6.07, 6.45) is -1.56. The highest BCUT2D eigenvalue weighted by Gasteiger charge is 2.33. The number of alkyl carbamates (subject to hydrolysis) is 1. The Bertz CT molecular complexity index is 2450. The van der Waals surface area contributed by atoms with Crippen LogP contribution in [-0.2, 0) is 49.5 Å². The van der Waals surface area contributed by atoms with Gasteiger partial charge in [-0.05, 0) is 77.5 Å². The van der Waals surface area contributed by atoms with Crippen LogP contribution in [0, 0.1) is 5.41 Å². The largest absolute Gasteiger partial charge is 0.497 e. The lowest BCUT2D eigenvalue weighted by atomic mass is 10.0. The fourth-order valence-corrected chi connectivity index (χ4v) is 7.20. The molecule has 0 bridgehead atoms. The van der Waals surface area contributed by atoms with Gasteiger partial charge in [-0.1, -0.05) is 12.1 Å². The summed E-state index contributed by atoms with van der Waals surface area (Å²) in [6, 6.07) is -0.262. The number of aromatic nitrogens is 4. The number of amides is 7. The lowest BCUT2D eigenvalue weighted by Gasteiger charge is -2.29. The molecular weight excluding hydrogens is 999 g/mol. The zero-order chi connectivity index (χ0) is 56.7. The second-order valence-corrected chi connectivity index (χ2v) is 18.7. The van der Waals surface area contributed by atoms with E-state index in [1.54, 1.807) is 64.0 Å². The highest BCUT2D eigenvalue weighted by atomic mass is 16.6. The maximum absolute atomic E-state index is 14.2. The normalized spacial score (nSPS) is 14.0. The quantitative estimate of drug-likeness (QED) is 0.0143. The average molecular weight is 1070 g/mol. The van der Waals surface area contributed by atoms with Crippen molar-refractivity contribution in [2.75, 3.05) is 52.3 Å². The van der Waals surface area contributed by atoms with Crippen molar-refractivity contribution in [3.05, 3.63) is 42.5 Å². The van der Waals surface area contributed by atoms with Crippen molar-refractivity contribution in [3.8, 4) is 5.75 Å². The SMILES string of the molecule is COc1ccc(CC(NC(=O)C(CCCCNC(C)=O)NC(=O)CC(NC(=O)CNC(=O)C(CCCNC(=N)N)NC(=O)OC(C)(C)C)C(=O)O)C(=O)N[C@@H](C)[C@@H](CO)O[C@H](O)n2cnc3c(N(C)C)ncnc32)cc1. The van der Waals surface area contributed by atoms with E-state index in [0.717, 1.165) is 0 Å². The lowest BCUT2D eigenvalue weighted by Crippen LogP contribution is -2.57. The number of nitrogens with zero attached hydrogens (tertiary/aromatic N) is 5. The van der Waals surface area contributed by atoms with Gasteiger partial charge in [-0.2, -0.15) is 0 Å². The molecule has 420 valence electrons. The van der Waals surface area contributed by atoms with E-state index in [2.05, 4.69) is 57.5 Å². The van der Waals surface area contributed by atoms with Crippen LogP contribution in [0.3, 0.4) is 0 Å². The van der Waals surface area contributed by atoms with Crippen LogP contribution in [-0.4, -0.2) is 178 Å². The molecule has 0 aliphatic heterocycles. The number of carboxylic acids is 1. The first-order chi connectivity index (χ1) is 35.8. The van der Waals surface area contributed by atoms with E-state index in [1.165, 1.54) is 38.2 Å². The number of carboxylic acid groups (broad SMARTS) is 1. The third kappa shape index (κ3) is 21.5. The third-order valence-electron chi connectivity index (χ3n) is 11.0. The second-order valence-electron chi connectivity index (χ2n) is 18.7. The molecule has 3 rings (SSSR count). The van der Waals surface area contributed by atoms with Gasteiger partial charge in [0.1, 0.15) is 54.3 Å². The molecule has 7 amide bonds. The number of carbonyl (C=O) groups excluding carboxylic acids is 7. The molecule has 1 aromatic carbocycles. The monoisotopic (exact) mass is 1070 g/mol. The third-order valence-corrected chi connectivity index (χ3v) is 11.0. The van der Waals surface area contributed by atoms with Crippen LogP contribution in [0.1, 0.15) is 85.1 Å². The molecule has 7 atom stereocenters. The Morgan fingerprint density at radius 2 is 1.43 bits per heavy atom. The number of unbranched alkanes of at least 4 members (excludes halogenated alkanes) is 1. The molecule has 76 heavy (non-hydrogen) atoms. The molecule has 2 aromatic heterocycles. The Labute approximate surface area is 439 Å². The number of nitrogens with two attached hydrogens (primary N) is 1. The minimum Gasteiger partial charge on any atom is -0.497 e. The van der Waals surface area contributed by atoms with E-state index in [9.17, 15) is 53.7 Å². The number of carbonyl (C=O) groups is 8. The Kier molecular flexibility index (Phi) is 25.0. The summed E-state index contributed by atoms with van der Waals surface area (Å²) >= 11 is 0. The average Bonchev–Trinajstić information content (AvgIpc) is 3.79. The van der Waals surface area contributed by atoms with Crippen molar-refractivity contribution in [1.29, 1.82) is 5.41 Å². The number of anilines is 1. The number of methoxy groups -OCH3 is 1. The molecule has 0 radical (unpaired) electrons. The maximum atomic E-state index is 14.2. The van der Waals surface area contributed by atoms with Crippen LogP contribution < -0.4 is 57.9 Å². The lowest BCUT2D eigenvalue weighted by molar-refractivity contribution is -0.196. The van der Waals surface area contributed by atoms with Crippen LogP contribution in [0.4, 0.5) is 10.6 Å². The van der Waals surface area contributed by atoms with Crippen LogP contribution >= 0.6 is 0 Å². The molecule has 29 nitrogen and oxygen atoms in total. The van der Waals surface area contributed by atoms with Crippen molar-refractivity contribution >= 4 is 70.4 Å². The van der Waals surface area contributed by atoms with Gasteiger partial charge in [0.05, 0.1) is 32.7 Å². The van der Waals surface area contributed by atoms with Gasteiger partial charge in [0.25, 0.3) is 0 Å². The number of imidazole rings is 1. The Hall–Kier alpha value is -7.92. The maximum Gasteiger partial charge on any atom is 0.408 e. The first kappa shape index (κ1) is 62.4. The van der Waals surface area contributed by atoms with Gasteiger partial charge in [-0.15, -0.1) is 0 Å². The van der Waals surface area contributed by atoms with Crippen LogP contribution in [0.15, 0.2) is 36.9 Å². The summed E-state index contributed by atoms with van der Waals surface area (Å²) in [5.74, 6) is -5.75. The van der Waals surface area contributed by atoms with Gasteiger partial charge in [0.15, 0.2) is 22.9 Å². The fraction of sp³-hybridized carbons (Fsp3) is 0.574. The van der Waals surface area contributed by atoms with Gasteiger partial charge in [-0.3, -0.25) is 38.7 Å². The summed E-state index contributed by atoms with van der Waals surface area (Å²) in [4.78, 5) is 119. The number of hydrogen-bond acceptors (Lipinski definition) is 18. The van der Waals surface area contributed by atoms with Gasteiger partial charge >= 0.3 is 12.1 Å². The fourth-order valence-electron chi connectivity index (χ4n) is 7.20. The molecule has 0 spiro atoms. The number of ether oxygens (including phenoxy) is 3. The molecule has 0 aliphatic rings. The molecule has 4 unspecified atom stereocenters. The number of guanidine groups is 1. The van der Waals surface area contributed by atoms with Crippen LogP contribution in [0.5, 0.6) is 5.75 Å². The summed E-state index contributed by atoms with van der Waals surface area (Å²) in [7, 11) is 4.97. The number of aliphatic carboxylic acids is 1. The number of rotatable bonds is 31. The highest BCUT2D eigenvalue weighted by Crippen LogP contribution is 2.23. The van der Waals surface area contributed by atoms with E-state index < -0.39 is 109 Å². The number of benzene rings is 1. The number of aliphatic hydroxyl groups is 2. The summed E-state index contributed by atoms with van der Waals surface area (Å²) in [5.41, 5.74) is 5.55. The van der Waals surface area contributed by atoms with Gasteiger partial charge in [0, 0.05) is 40.5 Å². The molecule has 0 saturated carbocycles. The van der Waals surface area contributed by atoms with E-state index in [0.29, 0.717) is 29.1 Å². The summed E-state index contributed by atoms with van der Waals surface area (Å²) < 4.78 is 17.5. The van der Waals surface area contributed by atoms with E-state index in [4.69, 9.17) is 25.4 Å². The van der Waals surface area contributed by atoms with Crippen molar-refractivity contribution < 1.29 is 67.9 Å². The zero-order valence-electron chi connectivity index (χ0n) is 43.9. The molecule has 0 saturated heterocycles. The molecule has 0 aliphatic carbocycles. The Morgan fingerprint density at radius 1 is 0.803 bits per heavy atom.